The van der Waals surface area contributed by atoms with Gasteiger partial charge in [-0.1, -0.05) is 0 Å². The third kappa shape index (κ3) is 8.59. The topological polar surface area (TPSA) is 392 Å². The number of aliphatic hydroxyl groups is 13. The Kier molecular flexibility index (Phi) is 14.3. The number of rotatable bonds is 13. The first-order valence-electron chi connectivity index (χ1n) is 20.9. The van der Waals surface area contributed by atoms with Crippen molar-refractivity contribution in [1.82, 2.24) is 0 Å². The summed E-state index contributed by atoms with van der Waals surface area (Å²) in [5.41, 5.74) is 0. The Labute approximate surface area is 356 Å². The third-order valence-corrected chi connectivity index (χ3v) is 13.1. The zero-order chi connectivity index (χ0) is 44.6. The van der Waals surface area contributed by atoms with Gasteiger partial charge in [-0.15, -0.1) is 0 Å². The van der Waals surface area contributed by atoms with E-state index >= 15 is 0 Å². The van der Waals surface area contributed by atoms with Gasteiger partial charge in [-0.3, -0.25) is 0 Å². The minimum absolute atomic E-state index is 0.0113. The van der Waals surface area contributed by atoms with Crippen LogP contribution in [0.1, 0.15) is 0 Å². The normalized spacial score (nSPS) is 56.8. The predicted octanol–water partition coefficient (Wildman–Crippen LogP) is -10.3. The average Bonchev–Trinajstić information content (AvgIpc) is 3.87. The summed E-state index contributed by atoms with van der Waals surface area (Å²) in [5.74, 6) is 0. The molecule has 29 atom stereocenters. The first kappa shape index (κ1) is 47.0. The third-order valence-electron chi connectivity index (χ3n) is 13.1. The van der Waals surface area contributed by atoms with Gasteiger partial charge in [0.05, 0.1) is 46.2 Å². The second kappa shape index (κ2) is 19.1. The lowest BCUT2D eigenvalue weighted by atomic mass is 9.96. The fourth-order valence-electron chi connectivity index (χ4n) is 9.57. The van der Waals surface area contributed by atoms with Crippen molar-refractivity contribution >= 4 is 0 Å². The lowest BCUT2D eigenvalue weighted by Crippen LogP contribution is -2.66. The maximum absolute atomic E-state index is 11.5. The van der Waals surface area contributed by atoms with Crippen LogP contribution in [-0.4, -0.2) is 291 Å². The molecule has 0 saturated carbocycles. The molecule has 63 heavy (non-hydrogen) atoms. The van der Waals surface area contributed by atoms with E-state index in [0.717, 1.165) is 0 Å². The SMILES string of the molecule is OC[C@@H]1O[C@H](O[C@@H]2[C@@H]3OC[C@H]2O[C@@H](O[C@H]2[C@H](O)[C@@H](O[C@@H]4[C@@H]5OC[C@H]4O[C@H](O[C@H]4[C@H](O)[C@@H](O[C@@H]6[C@@H]7OC[C@H]6OC[C@@H]7O)O[C@@H](CO)[C@H]4O)[C@@H]5O)O[C@@H](CO)[C@H]2O)[C@@H]3O)[C@@H](O)[C@H](O)[C@@H]1O. The van der Waals surface area contributed by atoms with Crippen molar-refractivity contribution in [3.8, 4) is 0 Å². The second-order valence-corrected chi connectivity index (χ2v) is 17.0. The van der Waals surface area contributed by atoms with E-state index in [1.807, 2.05) is 0 Å². The van der Waals surface area contributed by atoms with Crippen LogP contribution >= 0.6 is 0 Å². The van der Waals surface area contributed by atoms with Crippen molar-refractivity contribution < 1.29 is 133 Å². The summed E-state index contributed by atoms with van der Waals surface area (Å²) >= 11 is 0. The van der Waals surface area contributed by atoms with Crippen molar-refractivity contribution in [3.05, 3.63) is 0 Å². The Morgan fingerprint density at radius 2 is 0.683 bits per heavy atom. The summed E-state index contributed by atoms with van der Waals surface area (Å²) in [4.78, 5) is 0. The summed E-state index contributed by atoms with van der Waals surface area (Å²) in [6, 6.07) is 0. The van der Waals surface area contributed by atoms with Gasteiger partial charge in [-0.05, 0) is 0 Å². The van der Waals surface area contributed by atoms with Crippen molar-refractivity contribution in [3.63, 3.8) is 0 Å². The highest BCUT2D eigenvalue weighted by Gasteiger charge is 2.60. The van der Waals surface area contributed by atoms with Gasteiger partial charge < -0.3 is 133 Å². The molecule has 0 spiro atoms. The Morgan fingerprint density at radius 3 is 1.14 bits per heavy atom. The summed E-state index contributed by atoms with van der Waals surface area (Å²) < 4.78 is 80.9. The molecule has 0 aromatic rings. The number of ether oxygens (including phenoxy) is 14. The van der Waals surface area contributed by atoms with Crippen LogP contribution in [-0.2, 0) is 66.3 Å². The minimum Gasteiger partial charge on any atom is -0.394 e. The molecule has 0 aromatic heterocycles. The molecule has 0 aliphatic carbocycles. The molecule has 9 rings (SSSR count). The first-order valence-corrected chi connectivity index (χ1v) is 20.9. The molecule has 9 aliphatic heterocycles. The van der Waals surface area contributed by atoms with Crippen LogP contribution < -0.4 is 0 Å². The summed E-state index contributed by atoms with van der Waals surface area (Å²) in [5, 5.41) is 139. The van der Waals surface area contributed by atoms with Crippen molar-refractivity contribution in [2.75, 3.05) is 46.2 Å². The van der Waals surface area contributed by atoms with Gasteiger partial charge >= 0.3 is 0 Å². The molecular weight excluding hydrogens is 864 g/mol. The van der Waals surface area contributed by atoms with E-state index in [-0.39, 0.29) is 26.4 Å². The molecule has 6 bridgehead atoms. The summed E-state index contributed by atoms with van der Waals surface area (Å²) in [6.07, 6.45) is -40.8. The highest BCUT2D eigenvalue weighted by molar-refractivity contribution is 5.03. The molecule has 0 radical (unpaired) electrons. The van der Waals surface area contributed by atoms with Gasteiger partial charge in [0.25, 0.3) is 0 Å². The molecule has 9 fully saturated rings. The smallest absolute Gasteiger partial charge is 0.187 e. The maximum atomic E-state index is 11.5. The molecule has 9 heterocycles. The van der Waals surface area contributed by atoms with E-state index in [0.29, 0.717) is 0 Å². The second-order valence-electron chi connectivity index (χ2n) is 17.0. The van der Waals surface area contributed by atoms with Crippen LogP contribution in [0.3, 0.4) is 0 Å². The minimum atomic E-state index is -1.86. The van der Waals surface area contributed by atoms with E-state index in [1.54, 1.807) is 0 Å². The quantitative estimate of drug-likeness (QED) is 0.0816. The Hall–Kier alpha value is -1.08. The van der Waals surface area contributed by atoms with Gasteiger partial charge in [0.15, 0.2) is 31.5 Å². The van der Waals surface area contributed by atoms with Gasteiger partial charge in [0.1, 0.15) is 146 Å². The molecule has 27 nitrogen and oxygen atoms in total. The fourth-order valence-corrected chi connectivity index (χ4v) is 9.57. The van der Waals surface area contributed by atoms with Crippen LogP contribution in [0.5, 0.6) is 0 Å². The molecule has 0 amide bonds. The predicted molar refractivity (Wildman–Crippen MR) is 188 cm³/mol. The Morgan fingerprint density at radius 1 is 0.317 bits per heavy atom. The number of fused-ring (bicyclic) bond motifs is 6. The lowest BCUT2D eigenvalue weighted by Gasteiger charge is -2.48. The summed E-state index contributed by atoms with van der Waals surface area (Å²) in [6.45, 7) is -2.46. The van der Waals surface area contributed by atoms with Gasteiger partial charge in [0, 0.05) is 0 Å². The molecule has 362 valence electrons. The number of aliphatic hydroxyl groups excluding tert-OH is 13. The van der Waals surface area contributed by atoms with Crippen molar-refractivity contribution in [2.45, 2.75) is 178 Å². The highest BCUT2D eigenvalue weighted by Crippen LogP contribution is 2.40. The van der Waals surface area contributed by atoms with Crippen LogP contribution in [0, 0.1) is 0 Å². The molecule has 0 aromatic carbocycles. The molecular formula is C36H56O27. The first-order chi connectivity index (χ1) is 30.2. The summed E-state index contributed by atoms with van der Waals surface area (Å²) in [7, 11) is 0. The van der Waals surface area contributed by atoms with E-state index in [2.05, 4.69) is 0 Å². The number of hydrogen-bond donors (Lipinski definition) is 13. The molecule has 9 aliphatic rings. The average molecular weight is 921 g/mol. The van der Waals surface area contributed by atoms with Crippen molar-refractivity contribution in [2.24, 2.45) is 0 Å². The van der Waals surface area contributed by atoms with Gasteiger partial charge in [0.2, 0.25) is 0 Å². The Bertz CT molecular complexity index is 1520. The zero-order valence-corrected chi connectivity index (χ0v) is 33.2. The van der Waals surface area contributed by atoms with E-state index in [4.69, 9.17) is 66.3 Å². The monoisotopic (exact) mass is 920 g/mol. The largest absolute Gasteiger partial charge is 0.394 e. The molecule has 27 heteroatoms. The van der Waals surface area contributed by atoms with Crippen LogP contribution in [0.15, 0.2) is 0 Å². The van der Waals surface area contributed by atoms with Crippen LogP contribution in [0.25, 0.3) is 0 Å². The van der Waals surface area contributed by atoms with E-state index in [1.165, 1.54) is 0 Å². The van der Waals surface area contributed by atoms with Gasteiger partial charge in [-0.2, -0.15) is 0 Å². The van der Waals surface area contributed by atoms with E-state index in [9.17, 15) is 66.4 Å². The maximum Gasteiger partial charge on any atom is 0.187 e. The van der Waals surface area contributed by atoms with Gasteiger partial charge in [-0.25, -0.2) is 0 Å². The van der Waals surface area contributed by atoms with Crippen LogP contribution in [0.2, 0.25) is 0 Å². The molecule has 0 unspecified atom stereocenters. The van der Waals surface area contributed by atoms with Crippen LogP contribution in [0.4, 0.5) is 0 Å². The van der Waals surface area contributed by atoms with E-state index < -0.39 is 198 Å². The molecule has 9 saturated heterocycles. The standard InChI is InChI=1S/C36H56O27/c37-1-9-15(41)18(44)19(45)32(54-9)60-26-13-6-52-30(26)22(48)35(57-13)63-29-17(43)11(3-39)56-34(21(29)47)61-27-14-7-53-31(27)23(49)36(58-14)62-28-16(42)10(2-38)55-33(20(28)46)59-25-12-5-51-24(25)8(40)4-50-12/h8-49H,1-7H2/t8-,9-,10-,11-,12+,13+,14+,15+,16+,17+,18+,19-,20-,21-,22+,23+,24+,25-,26-,27-,28+,29+,30+,31+,32+,33+,34+,35-,36+/m0/s1. The lowest BCUT2D eigenvalue weighted by molar-refractivity contribution is -0.379. The van der Waals surface area contributed by atoms with Crippen molar-refractivity contribution in [1.29, 1.82) is 0 Å². The highest BCUT2D eigenvalue weighted by atomic mass is 16.8. The zero-order valence-electron chi connectivity index (χ0n) is 33.2. The number of hydrogen-bond acceptors (Lipinski definition) is 27. The fraction of sp³-hybridized carbons (Fsp3) is 1.00. The Balaban J connectivity index is 0.831. The molecule has 13 N–H and O–H groups in total.